The molecule has 0 bridgehead atoms. The van der Waals surface area contributed by atoms with Crippen molar-refractivity contribution in [3.63, 3.8) is 0 Å². The third-order valence-corrected chi connectivity index (χ3v) is 3.89. The standard InChI is InChI=1S/C15H21N3O4.ClH/c1-22-14-4-3-13(18(20)21)8-12(14)10-17-15(19)5-2-11-6-7-16-9-11;/h3-4,8,11,16H,2,5-7,9-10H2,1H3,(H,17,19);1H. The first-order valence-corrected chi connectivity index (χ1v) is 7.39. The topological polar surface area (TPSA) is 93.5 Å². The second-order valence-electron chi connectivity index (χ2n) is 5.43. The van der Waals surface area contributed by atoms with E-state index in [1.54, 1.807) is 6.07 Å². The van der Waals surface area contributed by atoms with Crippen LogP contribution in [-0.4, -0.2) is 31.0 Å². The highest BCUT2D eigenvalue weighted by molar-refractivity contribution is 5.85. The zero-order valence-electron chi connectivity index (χ0n) is 13.0. The molecule has 128 valence electrons. The zero-order valence-corrected chi connectivity index (χ0v) is 13.9. The van der Waals surface area contributed by atoms with Crippen molar-refractivity contribution < 1.29 is 14.5 Å². The number of carbonyl (C=O) groups excluding carboxylic acids is 1. The molecule has 0 saturated carbocycles. The maximum Gasteiger partial charge on any atom is 0.270 e. The highest BCUT2D eigenvalue weighted by Crippen LogP contribution is 2.24. The van der Waals surface area contributed by atoms with Gasteiger partial charge in [0.25, 0.3) is 5.69 Å². The molecule has 1 saturated heterocycles. The van der Waals surface area contributed by atoms with Crippen molar-refractivity contribution in [2.45, 2.75) is 25.8 Å². The highest BCUT2D eigenvalue weighted by Gasteiger charge is 2.16. The molecular formula is C15H22ClN3O4. The number of nitrogens with one attached hydrogen (secondary N) is 2. The van der Waals surface area contributed by atoms with E-state index < -0.39 is 4.92 Å². The summed E-state index contributed by atoms with van der Waals surface area (Å²) in [5.74, 6) is 1.06. The summed E-state index contributed by atoms with van der Waals surface area (Å²) in [7, 11) is 1.50. The van der Waals surface area contributed by atoms with Gasteiger partial charge in [-0.1, -0.05) is 0 Å². The Morgan fingerprint density at radius 3 is 2.91 bits per heavy atom. The van der Waals surface area contributed by atoms with Gasteiger partial charge >= 0.3 is 0 Å². The van der Waals surface area contributed by atoms with Crippen molar-refractivity contribution >= 4 is 24.0 Å². The predicted octanol–water partition coefficient (Wildman–Crippen LogP) is 2.03. The Labute approximate surface area is 141 Å². The Balaban J connectivity index is 0.00000264. The normalized spacial score (nSPS) is 16.5. The van der Waals surface area contributed by atoms with Gasteiger partial charge in [-0.3, -0.25) is 14.9 Å². The molecule has 1 aliphatic heterocycles. The number of benzene rings is 1. The van der Waals surface area contributed by atoms with Crippen LogP contribution in [0.1, 0.15) is 24.8 Å². The molecule has 0 aliphatic carbocycles. The van der Waals surface area contributed by atoms with E-state index in [4.69, 9.17) is 4.74 Å². The molecule has 1 unspecified atom stereocenters. The van der Waals surface area contributed by atoms with Crippen molar-refractivity contribution in [1.29, 1.82) is 0 Å². The first-order chi connectivity index (χ1) is 10.6. The molecule has 1 heterocycles. The van der Waals surface area contributed by atoms with Gasteiger partial charge in [0.1, 0.15) is 5.75 Å². The maximum atomic E-state index is 11.9. The average Bonchev–Trinajstić information content (AvgIpc) is 3.03. The predicted molar refractivity (Wildman–Crippen MR) is 89.0 cm³/mol. The highest BCUT2D eigenvalue weighted by atomic mass is 35.5. The van der Waals surface area contributed by atoms with Gasteiger partial charge in [-0.2, -0.15) is 0 Å². The summed E-state index contributed by atoms with van der Waals surface area (Å²) in [5, 5.41) is 16.9. The molecule has 23 heavy (non-hydrogen) atoms. The summed E-state index contributed by atoms with van der Waals surface area (Å²) >= 11 is 0. The fraction of sp³-hybridized carbons (Fsp3) is 0.533. The van der Waals surface area contributed by atoms with E-state index in [2.05, 4.69) is 10.6 Å². The van der Waals surface area contributed by atoms with Crippen molar-refractivity contribution in [3.8, 4) is 5.75 Å². The molecule has 8 heteroatoms. The van der Waals surface area contributed by atoms with Gasteiger partial charge < -0.3 is 15.4 Å². The van der Waals surface area contributed by atoms with Gasteiger partial charge in [-0.25, -0.2) is 0 Å². The summed E-state index contributed by atoms with van der Waals surface area (Å²) in [6.45, 7) is 2.23. The Hall–Kier alpha value is -1.86. The number of nitrogens with zero attached hydrogens (tertiary/aromatic N) is 1. The SMILES string of the molecule is COc1ccc([N+](=O)[O-])cc1CNC(=O)CCC1CCNC1.Cl. The van der Waals surface area contributed by atoms with E-state index in [0.29, 0.717) is 23.7 Å². The number of ether oxygens (including phenoxy) is 1. The largest absolute Gasteiger partial charge is 0.496 e. The molecule has 1 amide bonds. The number of rotatable bonds is 7. The van der Waals surface area contributed by atoms with Crippen LogP contribution >= 0.6 is 12.4 Å². The van der Waals surface area contributed by atoms with Crippen LogP contribution in [0.2, 0.25) is 0 Å². The summed E-state index contributed by atoms with van der Waals surface area (Å²) in [4.78, 5) is 22.2. The number of methoxy groups -OCH3 is 1. The summed E-state index contributed by atoms with van der Waals surface area (Å²) in [6, 6.07) is 4.36. The third-order valence-electron chi connectivity index (χ3n) is 3.89. The van der Waals surface area contributed by atoms with E-state index >= 15 is 0 Å². The molecule has 0 spiro atoms. The van der Waals surface area contributed by atoms with E-state index in [0.717, 1.165) is 25.9 Å². The number of hydrogen-bond donors (Lipinski definition) is 2. The molecule has 0 aromatic heterocycles. The maximum absolute atomic E-state index is 11.9. The molecule has 1 aliphatic rings. The molecular weight excluding hydrogens is 322 g/mol. The van der Waals surface area contributed by atoms with Gasteiger partial charge in [0, 0.05) is 30.7 Å². The van der Waals surface area contributed by atoms with Crippen LogP contribution in [0.15, 0.2) is 18.2 Å². The van der Waals surface area contributed by atoms with Crippen molar-refractivity contribution in [1.82, 2.24) is 10.6 Å². The van der Waals surface area contributed by atoms with Crippen molar-refractivity contribution in [2.75, 3.05) is 20.2 Å². The minimum absolute atomic E-state index is 0. The first-order valence-electron chi connectivity index (χ1n) is 7.39. The van der Waals surface area contributed by atoms with Crippen LogP contribution in [0.4, 0.5) is 5.69 Å². The Bertz CT molecular complexity index is 548. The van der Waals surface area contributed by atoms with Gasteiger partial charge in [-0.05, 0) is 37.9 Å². The number of nitro benzene ring substituents is 1. The number of hydrogen-bond acceptors (Lipinski definition) is 5. The fourth-order valence-electron chi connectivity index (χ4n) is 2.59. The van der Waals surface area contributed by atoms with E-state index in [9.17, 15) is 14.9 Å². The van der Waals surface area contributed by atoms with Gasteiger partial charge in [0.05, 0.1) is 12.0 Å². The van der Waals surface area contributed by atoms with Crippen LogP contribution in [-0.2, 0) is 11.3 Å². The smallest absolute Gasteiger partial charge is 0.270 e. The molecule has 1 aromatic carbocycles. The second-order valence-corrected chi connectivity index (χ2v) is 5.43. The monoisotopic (exact) mass is 343 g/mol. The first kappa shape index (κ1) is 19.2. The average molecular weight is 344 g/mol. The van der Waals surface area contributed by atoms with E-state index in [1.807, 2.05) is 0 Å². The van der Waals surface area contributed by atoms with Crippen LogP contribution in [0.25, 0.3) is 0 Å². The van der Waals surface area contributed by atoms with Gasteiger partial charge in [0.2, 0.25) is 5.91 Å². The molecule has 7 nitrogen and oxygen atoms in total. The van der Waals surface area contributed by atoms with Gasteiger partial charge in [0.15, 0.2) is 0 Å². The zero-order chi connectivity index (χ0) is 15.9. The molecule has 0 radical (unpaired) electrons. The van der Waals surface area contributed by atoms with Crippen molar-refractivity contribution in [2.24, 2.45) is 5.92 Å². The number of nitro groups is 1. The fourth-order valence-corrected chi connectivity index (χ4v) is 2.59. The Kier molecular flexibility index (Phi) is 7.77. The minimum Gasteiger partial charge on any atom is -0.496 e. The summed E-state index contributed by atoms with van der Waals surface area (Å²) in [6.07, 6.45) is 2.46. The molecule has 2 rings (SSSR count). The molecule has 2 N–H and O–H groups in total. The Morgan fingerprint density at radius 2 is 2.30 bits per heavy atom. The number of halogens is 1. The number of non-ortho nitro benzene ring substituents is 1. The minimum atomic E-state index is -0.460. The second kappa shape index (κ2) is 9.32. The Morgan fingerprint density at radius 1 is 1.52 bits per heavy atom. The van der Waals surface area contributed by atoms with Gasteiger partial charge in [-0.15, -0.1) is 12.4 Å². The quantitative estimate of drug-likeness (QED) is 0.583. The summed E-state index contributed by atoms with van der Waals surface area (Å²) in [5.41, 5.74) is 0.592. The van der Waals surface area contributed by atoms with Crippen LogP contribution < -0.4 is 15.4 Å². The van der Waals surface area contributed by atoms with Crippen molar-refractivity contribution in [3.05, 3.63) is 33.9 Å². The number of carbonyl (C=O) groups is 1. The number of amides is 1. The lowest BCUT2D eigenvalue weighted by Crippen LogP contribution is -2.23. The molecule has 1 fully saturated rings. The van der Waals surface area contributed by atoms with Crippen LogP contribution in [0.5, 0.6) is 5.75 Å². The molecule has 1 aromatic rings. The molecule has 1 atom stereocenters. The van der Waals surface area contributed by atoms with E-state index in [-0.39, 0.29) is 30.5 Å². The lowest BCUT2D eigenvalue weighted by atomic mass is 10.0. The summed E-state index contributed by atoms with van der Waals surface area (Å²) < 4.78 is 5.17. The van der Waals surface area contributed by atoms with Crippen LogP contribution in [0.3, 0.4) is 0 Å². The third kappa shape index (κ3) is 5.69. The lowest BCUT2D eigenvalue weighted by Gasteiger charge is -2.11. The van der Waals surface area contributed by atoms with E-state index in [1.165, 1.54) is 19.2 Å². The van der Waals surface area contributed by atoms with Crippen LogP contribution in [0, 0.1) is 16.0 Å². The lowest BCUT2D eigenvalue weighted by molar-refractivity contribution is -0.384.